The largest absolute Gasteiger partial charge is 0.518 e. The van der Waals surface area contributed by atoms with Crippen LogP contribution in [0.25, 0.3) is 0 Å². The molecule has 1 fully saturated rings. The zero-order valence-corrected chi connectivity index (χ0v) is 6.40. The molecule has 1 saturated heterocycles. The third-order valence-electron chi connectivity index (χ3n) is 1.50. The number of alkyl halides is 6. The summed E-state index contributed by atoms with van der Waals surface area (Å²) in [5.74, 6) is -2.84. The number of esters is 1. The van der Waals surface area contributed by atoms with E-state index in [1.807, 2.05) is 0 Å². The lowest BCUT2D eigenvalue weighted by molar-refractivity contribution is -0.341. The third kappa shape index (κ3) is 1.39. The fourth-order valence-electron chi connectivity index (χ4n) is 0.843. The topological polar surface area (TPSA) is 52.6 Å². The number of cyclic esters (lactones) is 3. The summed E-state index contributed by atoms with van der Waals surface area (Å²) < 4.78 is 78.2. The third-order valence-corrected chi connectivity index (χ3v) is 1.50. The minimum absolute atomic E-state index is 2.34. The molecular formula is C5F6O4. The van der Waals surface area contributed by atoms with Crippen molar-refractivity contribution < 1.29 is 45.4 Å². The maximum Gasteiger partial charge on any atom is 0.518 e. The maximum atomic E-state index is 12.0. The van der Waals surface area contributed by atoms with Gasteiger partial charge in [-0.05, 0) is 0 Å². The zero-order valence-electron chi connectivity index (χ0n) is 6.40. The molecule has 1 aliphatic heterocycles. The summed E-state index contributed by atoms with van der Waals surface area (Å²) in [4.78, 5) is 20.5. The smallest absolute Gasteiger partial charge is 0.396 e. The van der Waals surface area contributed by atoms with Gasteiger partial charge in [0.05, 0.1) is 0 Å². The fraction of sp³-hybridized carbons (Fsp3) is 0.600. The van der Waals surface area contributed by atoms with Gasteiger partial charge in [-0.2, -0.15) is 26.3 Å². The van der Waals surface area contributed by atoms with E-state index in [2.05, 4.69) is 9.47 Å². The van der Waals surface area contributed by atoms with Crippen LogP contribution >= 0.6 is 0 Å². The molecular weight excluding hydrogens is 238 g/mol. The molecule has 86 valence electrons. The molecule has 0 spiro atoms. The lowest BCUT2D eigenvalue weighted by Crippen LogP contribution is -2.61. The highest BCUT2D eigenvalue weighted by atomic mass is 19.4. The number of ether oxygens (including phenoxy) is 2. The predicted molar refractivity (Wildman–Crippen MR) is 27.4 cm³/mol. The van der Waals surface area contributed by atoms with Crippen LogP contribution in [0, 0.1) is 0 Å². The molecule has 1 heterocycles. The van der Waals surface area contributed by atoms with Crippen molar-refractivity contribution in [3.8, 4) is 0 Å². The highest BCUT2D eigenvalue weighted by molar-refractivity contribution is 5.95. The summed E-state index contributed by atoms with van der Waals surface area (Å²) in [5, 5.41) is 0. The SMILES string of the molecule is O=C1OC(=O)C(C(F)(F)F)(C(F)(F)F)O1. The van der Waals surface area contributed by atoms with Crippen molar-refractivity contribution in [2.45, 2.75) is 18.0 Å². The van der Waals surface area contributed by atoms with Crippen LogP contribution in [0.3, 0.4) is 0 Å². The molecule has 0 saturated carbocycles. The number of carbonyl (C=O) groups excluding carboxylic acids is 2. The number of hydrogen-bond donors (Lipinski definition) is 0. The normalized spacial score (nSPS) is 21.2. The van der Waals surface area contributed by atoms with Gasteiger partial charge >= 0.3 is 30.1 Å². The van der Waals surface area contributed by atoms with Gasteiger partial charge in [0.2, 0.25) is 0 Å². The average molecular weight is 238 g/mol. The standard InChI is InChI=1S/C5F6O4/c6-4(7,8)3(5(9,10)11)1(12)14-2(13)15-3. The van der Waals surface area contributed by atoms with Crippen LogP contribution in [0.2, 0.25) is 0 Å². The Morgan fingerprint density at radius 2 is 1.33 bits per heavy atom. The molecule has 0 aromatic heterocycles. The quantitative estimate of drug-likeness (QED) is 0.365. The highest BCUT2D eigenvalue weighted by Gasteiger charge is 2.83. The zero-order chi connectivity index (χ0) is 12.1. The van der Waals surface area contributed by atoms with Gasteiger partial charge in [-0.25, -0.2) is 9.59 Å². The Hall–Kier alpha value is -1.48. The van der Waals surface area contributed by atoms with E-state index in [1.54, 1.807) is 0 Å². The Morgan fingerprint density at radius 3 is 1.47 bits per heavy atom. The van der Waals surface area contributed by atoms with Gasteiger partial charge in [0.15, 0.2) is 0 Å². The van der Waals surface area contributed by atoms with Crippen LogP contribution in [0.15, 0.2) is 0 Å². The summed E-state index contributed by atoms with van der Waals surface area (Å²) in [7, 11) is 0. The van der Waals surface area contributed by atoms with E-state index in [1.165, 1.54) is 0 Å². The van der Waals surface area contributed by atoms with Crippen molar-refractivity contribution in [3.63, 3.8) is 0 Å². The molecule has 0 atom stereocenters. The molecule has 10 heteroatoms. The molecule has 0 aliphatic carbocycles. The molecule has 4 nitrogen and oxygen atoms in total. The molecule has 1 rings (SSSR count). The summed E-state index contributed by atoms with van der Waals surface area (Å²) in [6, 6.07) is 0. The molecule has 1 aliphatic rings. The molecule has 15 heavy (non-hydrogen) atoms. The molecule has 0 aromatic carbocycles. The van der Waals surface area contributed by atoms with Crippen LogP contribution in [-0.2, 0) is 14.3 Å². The molecule has 0 unspecified atom stereocenters. The number of rotatable bonds is 0. The Morgan fingerprint density at radius 1 is 0.933 bits per heavy atom. The first kappa shape index (κ1) is 11.6. The van der Waals surface area contributed by atoms with Crippen molar-refractivity contribution in [1.82, 2.24) is 0 Å². The fourth-order valence-corrected chi connectivity index (χ4v) is 0.843. The van der Waals surface area contributed by atoms with Crippen LogP contribution < -0.4 is 0 Å². The minimum atomic E-state index is -6.13. The van der Waals surface area contributed by atoms with E-state index in [4.69, 9.17) is 0 Å². The van der Waals surface area contributed by atoms with Gasteiger partial charge in [0.1, 0.15) is 0 Å². The monoisotopic (exact) mass is 238 g/mol. The Kier molecular flexibility index (Phi) is 2.14. The maximum absolute atomic E-state index is 12.0. The summed E-state index contributed by atoms with van der Waals surface area (Å²) in [6.07, 6.45) is -14.6. The van der Waals surface area contributed by atoms with Crippen molar-refractivity contribution in [1.29, 1.82) is 0 Å². The van der Waals surface area contributed by atoms with Crippen LogP contribution in [0.1, 0.15) is 0 Å². The lowest BCUT2D eigenvalue weighted by Gasteiger charge is -2.27. The van der Waals surface area contributed by atoms with Crippen LogP contribution in [0.5, 0.6) is 0 Å². The van der Waals surface area contributed by atoms with Gasteiger partial charge in [-0.1, -0.05) is 0 Å². The first-order chi connectivity index (χ1) is 6.52. The van der Waals surface area contributed by atoms with E-state index in [-0.39, 0.29) is 0 Å². The van der Waals surface area contributed by atoms with Gasteiger partial charge in [-0.15, -0.1) is 0 Å². The molecule has 0 bridgehead atoms. The van der Waals surface area contributed by atoms with Crippen molar-refractivity contribution in [2.24, 2.45) is 0 Å². The highest BCUT2D eigenvalue weighted by Crippen LogP contribution is 2.49. The summed E-state index contributed by atoms with van der Waals surface area (Å²) >= 11 is 0. The molecule has 0 radical (unpaired) electrons. The Balaban J connectivity index is 3.33. The lowest BCUT2D eigenvalue weighted by atomic mass is 10.0. The van der Waals surface area contributed by atoms with Crippen LogP contribution in [0.4, 0.5) is 31.1 Å². The van der Waals surface area contributed by atoms with Gasteiger partial charge in [-0.3, -0.25) is 0 Å². The molecule has 0 aromatic rings. The second kappa shape index (κ2) is 2.76. The second-order valence-electron chi connectivity index (χ2n) is 2.42. The number of halogens is 6. The first-order valence-electron chi connectivity index (χ1n) is 3.11. The second-order valence-corrected chi connectivity index (χ2v) is 2.42. The predicted octanol–water partition coefficient (Wildman–Crippen LogP) is 1.54. The van der Waals surface area contributed by atoms with E-state index < -0.39 is 30.1 Å². The molecule has 0 N–H and O–H groups in total. The Labute approximate surface area is 76.7 Å². The minimum Gasteiger partial charge on any atom is -0.396 e. The van der Waals surface area contributed by atoms with Crippen molar-refractivity contribution >= 4 is 12.1 Å². The van der Waals surface area contributed by atoms with Crippen LogP contribution in [-0.4, -0.2) is 30.1 Å². The van der Waals surface area contributed by atoms with Crippen molar-refractivity contribution in [2.75, 3.05) is 0 Å². The average Bonchev–Trinajstić information content (AvgIpc) is 2.23. The van der Waals surface area contributed by atoms with Gasteiger partial charge < -0.3 is 9.47 Å². The first-order valence-corrected chi connectivity index (χ1v) is 3.11. The Bertz CT molecular complexity index is 300. The molecule has 0 amide bonds. The summed E-state index contributed by atoms with van der Waals surface area (Å²) in [5.41, 5.74) is -5.21. The van der Waals surface area contributed by atoms with Crippen molar-refractivity contribution in [3.05, 3.63) is 0 Å². The number of hydrogen-bond acceptors (Lipinski definition) is 4. The van der Waals surface area contributed by atoms with E-state index >= 15 is 0 Å². The summed E-state index contributed by atoms with van der Waals surface area (Å²) in [6.45, 7) is 0. The van der Waals surface area contributed by atoms with E-state index in [0.717, 1.165) is 0 Å². The van der Waals surface area contributed by atoms with E-state index in [9.17, 15) is 35.9 Å². The number of carbonyl (C=O) groups is 2. The van der Waals surface area contributed by atoms with Gasteiger partial charge in [0.25, 0.3) is 0 Å². The van der Waals surface area contributed by atoms with Gasteiger partial charge in [0, 0.05) is 0 Å². The van der Waals surface area contributed by atoms with E-state index in [0.29, 0.717) is 0 Å².